The van der Waals surface area contributed by atoms with E-state index < -0.39 is 0 Å². The number of hydrogen-bond donors (Lipinski definition) is 0. The molecule has 1 aromatic carbocycles. The summed E-state index contributed by atoms with van der Waals surface area (Å²) in [4.78, 5) is 11.8. The van der Waals surface area contributed by atoms with Gasteiger partial charge in [-0.05, 0) is 48.1 Å². The molecule has 0 N–H and O–H groups in total. The first-order valence-electron chi connectivity index (χ1n) is 8.10. The maximum absolute atomic E-state index is 11.8. The number of carbonyl (C=O) groups excluding carboxylic acids is 1. The molecule has 0 bridgehead atoms. The van der Waals surface area contributed by atoms with E-state index in [0.717, 1.165) is 19.3 Å². The Kier molecular flexibility index (Phi) is 4.75. The van der Waals surface area contributed by atoms with Crippen LogP contribution >= 0.6 is 0 Å². The van der Waals surface area contributed by atoms with E-state index in [1.165, 1.54) is 17.5 Å². The van der Waals surface area contributed by atoms with E-state index in [2.05, 4.69) is 45.0 Å². The molecule has 2 heteroatoms. The van der Waals surface area contributed by atoms with Gasteiger partial charge >= 0.3 is 5.97 Å². The van der Waals surface area contributed by atoms with E-state index in [1.54, 1.807) is 0 Å². The molecule has 1 aromatic rings. The molecule has 0 amide bonds. The number of hydrogen-bond acceptors (Lipinski definition) is 2. The lowest BCUT2D eigenvalue weighted by Gasteiger charge is -2.41. The third kappa shape index (κ3) is 4.09. The molecule has 1 aliphatic rings. The summed E-state index contributed by atoms with van der Waals surface area (Å²) in [6, 6.07) is 8.91. The maximum Gasteiger partial charge on any atom is 0.306 e. The molecule has 1 fully saturated rings. The predicted octanol–water partition coefficient (Wildman–Crippen LogP) is 4.65. The zero-order valence-electron chi connectivity index (χ0n) is 13.9. The van der Waals surface area contributed by atoms with Gasteiger partial charge in [0.05, 0.1) is 13.0 Å². The van der Waals surface area contributed by atoms with E-state index in [-0.39, 0.29) is 16.8 Å². The first kappa shape index (κ1) is 16.1. The van der Waals surface area contributed by atoms with Gasteiger partial charge in [0.25, 0.3) is 0 Å². The monoisotopic (exact) mass is 288 g/mol. The van der Waals surface area contributed by atoms with Gasteiger partial charge in [0.1, 0.15) is 0 Å². The van der Waals surface area contributed by atoms with Gasteiger partial charge in [-0.25, -0.2) is 0 Å². The molecule has 2 rings (SSSR count). The quantitative estimate of drug-likeness (QED) is 0.737. The Morgan fingerprint density at radius 2 is 1.81 bits per heavy atom. The fraction of sp³-hybridized carbons (Fsp3) is 0.632. The van der Waals surface area contributed by atoms with Crippen LogP contribution in [0.1, 0.15) is 64.5 Å². The third-order valence-electron chi connectivity index (χ3n) is 4.64. The Morgan fingerprint density at radius 1 is 1.19 bits per heavy atom. The molecule has 0 unspecified atom stereocenters. The van der Waals surface area contributed by atoms with Crippen molar-refractivity contribution in [3.05, 3.63) is 35.4 Å². The maximum atomic E-state index is 11.8. The summed E-state index contributed by atoms with van der Waals surface area (Å²) in [5, 5.41) is 0. The Balaban J connectivity index is 2.03. The highest BCUT2D eigenvalue weighted by Gasteiger charge is 2.39. The first-order valence-corrected chi connectivity index (χ1v) is 8.10. The summed E-state index contributed by atoms with van der Waals surface area (Å²) in [6.07, 6.45) is 5.09. The van der Waals surface area contributed by atoms with Crippen LogP contribution in [-0.4, -0.2) is 12.6 Å². The van der Waals surface area contributed by atoms with Gasteiger partial charge in [-0.2, -0.15) is 0 Å². The Labute approximate surface area is 128 Å². The van der Waals surface area contributed by atoms with Gasteiger partial charge in [-0.15, -0.1) is 0 Å². The summed E-state index contributed by atoms with van der Waals surface area (Å²) in [5.74, 6) is -0.0384. The Morgan fingerprint density at radius 3 is 2.24 bits per heavy atom. The molecular formula is C19H28O2. The lowest BCUT2D eigenvalue weighted by Crippen LogP contribution is -2.34. The van der Waals surface area contributed by atoms with Crippen LogP contribution in [0.15, 0.2) is 24.3 Å². The largest absolute Gasteiger partial charge is 0.466 e. The smallest absolute Gasteiger partial charge is 0.306 e. The summed E-state index contributed by atoms with van der Waals surface area (Å²) in [7, 11) is 0. The van der Waals surface area contributed by atoms with Crippen molar-refractivity contribution >= 4 is 5.97 Å². The number of esters is 1. The third-order valence-corrected chi connectivity index (χ3v) is 4.64. The Hall–Kier alpha value is -1.31. The van der Waals surface area contributed by atoms with Crippen molar-refractivity contribution in [3.63, 3.8) is 0 Å². The molecule has 0 radical (unpaired) electrons. The second-order valence-electron chi connectivity index (χ2n) is 7.46. The summed E-state index contributed by atoms with van der Waals surface area (Å²) in [5.41, 5.74) is 3.04. The molecular weight excluding hydrogens is 260 g/mol. The van der Waals surface area contributed by atoms with Crippen molar-refractivity contribution in [2.75, 3.05) is 6.61 Å². The summed E-state index contributed by atoms with van der Waals surface area (Å²) < 4.78 is 5.14. The van der Waals surface area contributed by atoms with Crippen molar-refractivity contribution in [3.8, 4) is 0 Å². The number of ether oxygens (including phenoxy) is 1. The minimum Gasteiger partial charge on any atom is -0.466 e. The molecule has 0 atom stereocenters. The first-order chi connectivity index (χ1) is 9.85. The van der Waals surface area contributed by atoms with Crippen LogP contribution in [0.5, 0.6) is 0 Å². The molecule has 0 heterocycles. The van der Waals surface area contributed by atoms with Gasteiger partial charge in [0.15, 0.2) is 0 Å². The van der Waals surface area contributed by atoms with Gasteiger partial charge in [-0.1, -0.05) is 51.5 Å². The molecule has 0 aromatic heterocycles. The molecule has 2 nitrogen and oxygen atoms in total. The van der Waals surface area contributed by atoms with Gasteiger partial charge in [-0.3, -0.25) is 4.79 Å². The van der Waals surface area contributed by atoms with Crippen LogP contribution < -0.4 is 0 Å². The number of rotatable bonds is 5. The lowest BCUT2D eigenvalue weighted by molar-refractivity contribution is -0.147. The topological polar surface area (TPSA) is 26.3 Å². The van der Waals surface area contributed by atoms with Crippen LogP contribution in [0.25, 0.3) is 0 Å². The van der Waals surface area contributed by atoms with E-state index >= 15 is 0 Å². The van der Waals surface area contributed by atoms with Crippen molar-refractivity contribution < 1.29 is 9.53 Å². The van der Waals surface area contributed by atoms with Crippen LogP contribution in [0.2, 0.25) is 0 Å². The van der Waals surface area contributed by atoms with E-state index in [9.17, 15) is 4.79 Å². The summed E-state index contributed by atoms with van der Waals surface area (Å²) >= 11 is 0. The van der Waals surface area contributed by atoms with Crippen molar-refractivity contribution in [1.82, 2.24) is 0 Å². The van der Waals surface area contributed by atoms with Crippen molar-refractivity contribution in [2.24, 2.45) is 5.41 Å². The van der Waals surface area contributed by atoms with Crippen LogP contribution in [0.3, 0.4) is 0 Å². The second-order valence-corrected chi connectivity index (χ2v) is 7.46. The van der Waals surface area contributed by atoms with Gasteiger partial charge in [0, 0.05) is 0 Å². The highest BCUT2D eigenvalue weighted by atomic mass is 16.5. The number of benzene rings is 1. The van der Waals surface area contributed by atoms with Crippen molar-refractivity contribution in [2.45, 2.75) is 65.2 Å². The molecule has 116 valence electrons. The van der Waals surface area contributed by atoms with Crippen LogP contribution in [0, 0.1) is 5.41 Å². The fourth-order valence-electron chi connectivity index (χ4n) is 3.17. The van der Waals surface area contributed by atoms with E-state index in [0.29, 0.717) is 13.0 Å². The molecule has 1 aliphatic carbocycles. The second kappa shape index (κ2) is 6.21. The molecule has 0 spiro atoms. The van der Waals surface area contributed by atoms with Gasteiger partial charge < -0.3 is 4.74 Å². The normalized spacial score (nSPS) is 17.1. The van der Waals surface area contributed by atoms with Crippen LogP contribution in [0.4, 0.5) is 0 Å². The molecule has 21 heavy (non-hydrogen) atoms. The van der Waals surface area contributed by atoms with E-state index in [4.69, 9.17) is 4.74 Å². The standard InChI is InChI=1S/C19H28O2/c1-5-21-17(20)14-19(11-6-12-19)13-15-7-9-16(10-8-15)18(2,3)4/h7-10H,5-6,11-14H2,1-4H3. The predicted molar refractivity (Wildman–Crippen MR) is 86.4 cm³/mol. The minimum atomic E-state index is -0.0384. The zero-order valence-corrected chi connectivity index (χ0v) is 13.9. The highest BCUT2D eigenvalue weighted by molar-refractivity contribution is 5.70. The van der Waals surface area contributed by atoms with Crippen LogP contribution in [-0.2, 0) is 21.4 Å². The minimum absolute atomic E-state index is 0.0384. The summed E-state index contributed by atoms with van der Waals surface area (Å²) in [6.45, 7) is 9.05. The SMILES string of the molecule is CCOC(=O)CC1(Cc2ccc(C(C)(C)C)cc2)CCC1. The van der Waals surface area contributed by atoms with Crippen molar-refractivity contribution in [1.29, 1.82) is 0 Å². The van der Waals surface area contributed by atoms with Gasteiger partial charge in [0.2, 0.25) is 0 Å². The highest BCUT2D eigenvalue weighted by Crippen LogP contribution is 2.46. The Bertz CT molecular complexity index is 475. The van der Waals surface area contributed by atoms with E-state index in [1.807, 2.05) is 6.92 Å². The zero-order chi connectivity index (χ0) is 15.5. The fourth-order valence-corrected chi connectivity index (χ4v) is 3.17. The average molecular weight is 288 g/mol. The molecule has 0 saturated heterocycles. The molecule has 0 aliphatic heterocycles. The average Bonchev–Trinajstić information content (AvgIpc) is 2.36. The lowest BCUT2D eigenvalue weighted by atomic mass is 9.63. The molecule has 1 saturated carbocycles. The number of carbonyl (C=O) groups is 1.